The SMILES string of the molecule is CC(=O)OCC(C)SSCC(C)(C)OCC(C)(C)NC(=O)CN(C)C(=O)/C=C\C=O. The molecular formula is C20H34N2O6S2. The lowest BCUT2D eigenvalue weighted by Crippen LogP contribution is -2.51. The second-order valence-corrected chi connectivity index (χ2v) is 10.9. The molecule has 0 aromatic carbocycles. The average molecular weight is 463 g/mol. The summed E-state index contributed by atoms with van der Waals surface area (Å²) in [7, 11) is 4.76. The maximum atomic E-state index is 12.2. The van der Waals surface area contributed by atoms with Gasteiger partial charge in [0, 0.05) is 31.1 Å². The van der Waals surface area contributed by atoms with Gasteiger partial charge in [-0.1, -0.05) is 21.6 Å². The smallest absolute Gasteiger partial charge is 0.302 e. The fourth-order valence-electron chi connectivity index (χ4n) is 1.97. The maximum Gasteiger partial charge on any atom is 0.302 e. The van der Waals surface area contributed by atoms with Gasteiger partial charge in [-0.3, -0.25) is 19.2 Å². The van der Waals surface area contributed by atoms with E-state index >= 15 is 0 Å². The van der Waals surface area contributed by atoms with Gasteiger partial charge in [0.1, 0.15) is 12.9 Å². The Morgan fingerprint density at radius 3 is 2.40 bits per heavy atom. The third kappa shape index (κ3) is 14.5. The molecule has 1 unspecified atom stereocenters. The van der Waals surface area contributed by atoms with Gasteiger partial charge < -0.3 is 19.7 Å². The second kappa shape index (κ2) is 13.7. The van der Waals surface area contributed by atoms with Gasteiger partial charge in [0.25, 0.3) is 0 Å². The Kier molecular flexibility index (Phi) is 13.0. The lowest BCUT2D eigenvalue weighted by Gasteiger charge is -2.33. The summed E-state index contributed by atoms with van der Waals surface area (Å²) < 4.78 is 11.0. The molecule has 8 nitrogen and oxygen atoms in total. The van der Waals surface area contributed by atoms with Crippen molar-refractivity contribution < 1.29 is 28.7 Å². The van der Waals surface area contributed by atoms with Gasteiger partial charge in [0.15, 0.2) is 0 Å². The van der Waals surface area contributed by atoms with Crippen LogP contribution in [0.3, 0.4) is 0 Å². The van der Waals surface area contributed by atoms with Crippen molar-refractivity contribution >= 4 is 45.7 Å². The van der Waals surface area contributed by atoms with Gasteiger partial charge in [-0.05, 0) is 40.7 Å². The van der Waals surface area contributed by atoms with Crippen molar-refractivity contribution in [2.45, 2.75) is 57.9 Å². The van der Waals surface area contributed by atoms with Crippen LogP contribution in [0.25, 0.3) is 0 Å². The number of ether oxygens (including phenoxy) is 2. The molecule has 0 aliphatic carbocycles. The molecule has 0 aromatic rings. The molecule has 0 aliphatic rings. The Morgan fingerprint density at radius 2 is 1.83 bits per heavy atom. The number of hydrogen-bond donors (Lipinski definition) is 1. The third-order valence-electron chi connectivity index (χ3n) is 3.54. The number of amides is 2. The number of nitrogens with zero attached hydrogens (tertiary/aromatic N) is 1. The van der Waals surface area contributed by atoms with Crippen molar-refractivity contribution in [3.8, 4) is 0 Å². The van der Waals surface area contributed by atoms with E-state index in [1.54, 1.807) is 21.6 Å². The highest BCUT2D eigenvalue weighted by atomic mass is 33.1. The average Bonchev–Trinajstić information content (AvgIpc) is 2.62. The molecule has 0 rings (SSSR count). The molecule has 172 valence electrons. The predicted molar refractivity (Wildman–Crippen MR) is 121 cm³/mol. The Labute approximate surface area is 187 Å². The van der Waals surface area contributed by atoms with Gasteiger partial charge >= 0.3 is 5.97 Å². The summed E-state index contributed by atoms with van der Waals surface area (Å²) in [4.78, 5) is 46.3. The van der Waals surface area contributed by atoms with Crippen LogP contribution in [0.4, 0.5) is 0 Å². The van der Waals surface area contributed by atoms with Gasteiger partial charge in [0.05, 0.1) is 24.3 Å². The van der Waals surface area contributed by atoms with Gasteiger partial charge in [-0.2, -0.15) is 0 Å². The van der Waals surface area contributed by atoms with Crippen molar-refractivity contribution in [3.05, 3.63) is 12.2 Å². The first-order valence-electron chi connectivity index (χ1n) is 9.51. The third-order valence-corrected chi connectivity index (χ3v) is 6.70. The molecule has 0 heterocycles. The Hall–Kier alpha value is -1.52. The second-order valence-electron chi connectivity index (χ2n) is 8.14. The molecule has 10 heteroatoms. The molecule has 30 heavy (non-hydrogen) atoms. The van der Waals surface area contributed by atoms with Gasteiger partial charge in [0.2, 0.25) is 11.8 Å². The van der Waals surface area contributed by atoms with Crippen molar-refractivity contribution in [2.24, 2.45) is 0 Å². The van der Waals surface area contributed by atoms with Crippen LogP contribution in [0.1, 0.15) is 41.5 Å². The van der Waals surface area contributed by atoms with E-state index in [9.17, 15) is 19.2 Å². The number of carbonyl (C=O) groups is 4. The largest absolute Gasteiger partial charge is 0.465 e. The van der Waals surface area contributed by atoms with Crippen molar-refractivity contribution in [2.75, 3.05) is 32.6 Å². The van der Waals surface area contributed by atoms with Crippen LogP contribution >= 0.6 is 21.6 Å². The summed E-state index contributed by atoms with van der Waals surface area (Å²) in [5.74, 6) is -0.314. The number of aldehydes is 1. The van der Waals surface area contributed by atoms with Crippen LogP contribution < -0.4 is 5.32 Å². The first kappa shape index (κ1) is 28.5. The highest BCUT2D eigenvalue weighted by Crippen LogP contribution is 2.31. The lowest BCUT2D eigenvalue weighted by molar-refractivity contribution is -0.140. The van der Waals surface area contributed by atoms with Gasteiger partial charge in [-0.25, -0.2) is 0 Å². The molecule has 0 saturated heterocycles. The molecular weight excluding hydrogens is 428 g/mol. The van der Waals surface area contributed by atoms with Crippen molar-refractivity contribution in [1.82, 2.24) is 10.2 Å². The van der Waals surface area contributed by atoms with Crippen LogP contribution in [-0.2, 0) is 28.7 Å². The van der Waals surface area contributed by atoms with Crippen LogP contribution in [0, 0.1) is 0 Å². The number of likely N-dealkylation sites (N-methyl/N-ethyl adjacent to an activating group) is 1. The van der Waals surface area contributed by atoms with Crippen molar-refractivity contribution in [1.29, 1.82) is 0 Å². The van der Waals surface area contributed by atoms with E-state index in [1.807, 2.05) is 34.6 Å². The lowest BCUT2D eigenvalue weighted by atomic mass is 10.1. The molecule has 0 saturated carbocycles. The summed E-state index contributed by atoms with van der Waals surface area (Å²) in [5, 5.41) is 3.03. The molecule has 2 amide bonds. The van der Waals surface area contributed by atoms with E-state index < -0.39 is 17.0 Å². The molecule has 1 atom stereocenters. The minimum Gasteiger partial charge on any atom is -0.465 e. The van der Waals surface area contributed by atoms with E-state index in [2.05, 4.69) is 5.32 Å². The number of hydrogen-bond acceptors (Lipinski definition) is 8. The summed E-state index contributed by atoms with van der Waals surface area (Å²) in [5.41, 5.74) is -1.05. The van der Waals surface area contributed by atoms with E-state index in [0.29, 0.717) is 25.3 Å². The summed E-state index contributed by atoms with van der Waals surface area (Å²) in [6.45, 7) is 11.6. The van der Waals surface area contributed by atoms with Crippen LogP contribution in [0.2, 0.25) is 0 Å². The normalized spacial score (nSPS) is 13.0. The quantitative estimate of drug-likeness (QED) is 0.181. The van der Waals surface area contributed by atoms with Crippen LogP contribution in [0.5, 0.6) is 0 Å². The Morgan fingerprint density at radius 1 is 1.20 bits per heavy atom. The maximum absolute atomic E-state index is 12.2. The fraction of sp³-hybridized carbons (Fsp3) is 0.700. The zero-order chi connectivity index (χ0) is 23.4. The van der Waals surface area contributed by atoms with Gasteiger partial charge in [-0.15, -0.1) is 0 Å². The molecule has 0 spiro atoms. The molecule has 0 aliphatic heterocycles. The first-order valence-corrected chi connectivity index (χ1v) is 11.9. The topological polar surface area (TPSA) is 102 Å². The summed E-state index contributed by atoms with van der Waals surface area (Å²) >= 11 is 0. The van der Waals surface area contributed by atoms with Crippen molar-refractivity contribution in [3.63, 3.8) is 0 Å². The standard InChI is InChI=1S/C20H34N2O6S2/c1-15(12-27-16(2)24)30-29-14-20(5,6)28-13-19(3,4)21-17(25)11-22(7)18(26)9-8-10-23/h8-10,15H,11-14H2,1-7H3,(H,21,25)/b9-8-. The zero-order valence-electron chi connectivity index (χ0n) is 18.9. The van der Waals surface area contributed by atoms with Crippen LogP contribution in [-0.4, -0.2) is 77.9 Å². The number of carbonyl (C=O) groups excluding carboxylic acids is 4. The minimum atomic E-state index is -0.628. The number of esters is 1. The van der Waals surface area contributed by atoms with E-state index in [0.717, 1.165) is 12.2 Å². The van der Waals surface area contributed by atoms with E-state index in [1.165, 1.54) is 18.9 Å². The highest BCUT2D eigenvalue weighted by molar-refractivity contribution is 8.77. The monoisotopic (exact) mass is 462 g/mol. The predicted octanol–water partition coefficient (Wildman–Crippen LogP) is 2.22. The summed E-state index contributed by atoms with van der Waals surface area (Å²) in [6, 6.07) is 0. The Balaban J connectivity index is 4.38. The van der Waals surface area contributed by atoms with Crippen LogP contribution in [0.15, 0.2) is 12.2 Å². The Bertz CT molecular complexity index is 622. The number of allylic oxidation sites excluding steroid dienone is 1. The zero-order valence-corrected chi connectivity index (χ0v) is 20.5. The molecule has 0 fully saturated rings. The van der Waals surface area contributed by atoms with E-state index in [4.69, 9.17) is 9.47 Å². The molecule has 0 aromatic heterocycles. The first-order chi connectivity index (χ1) is 13.8. The minimum absolute atomic E-state index is 0.123. The fourth-order valence-corrected chi connectivity index (χ4v) is 4.68. The highest BCUT2D eigenvalue weighted by Gasteiger charge is 2.27. The molecule has 1 N–H and O–H groups in total. The molecule has 0 radical (unpaired) electrons. The number of rotatable bonds is 14. The molecule has 0 bridgehead atoms. The van der Waals surface area contributed by atoms with E-state index in [-0.39, 0.29) is 23.7 Å². The number of nitrogens with one attached hydrogen (secondary N) is 1. The summed E-state index contributed by atoms with van der Waals surface area (Å²) in [6.07, 6.45) is 2.70.